The Bertz CT molecular complexity index is 225. The van der Waals surface area contributed by atoms with Crippen LogP contribution in [0.3, 0.4) is 0 Å². The van der Waals surface area contributed by atoms with Crippen molar-refractivity contribution in [3.8, 4) is 0 Å². The van der Waals surface area contributed by atoms with Crippen LogP contribution in [0.5, 0.6) is 0 Å². The van der Waals surface area contributed by atoms with Crippen LogP contribution < -0.4 is 10.7 Å². The first kappa shape index (κ1) is 10.7. The van der Waals surface area contributed by atoms with Crippen molar-refractivity contribution >= 4 is 5.96 Å². The number of hydrogen-bond donors (Lipinski definition) is 2. The molecule has 0 amide bonds. The van der Waals surface area contributed by atoms with Crippen molar-refractivity contribution in [3.63, 3.8) is 0 Å². The minimum Gasteiger partial charge on any atom is -0.376 e. The van der Waals surface area contributed by atoms with E-state index in [2.05, 4.69) is 10.3 Å². The molecule has 0 spiro atoms. The van der Waals surface area contributed by atoms with Crippen molar-refractivity contribution in [2.45, 2.75) is 18.9 Å². The van der Waals surface area contributed by atoms with Crippen LogP contribution in [0.15, 0.2) is 4.99 Å². The molecule has 2 N–H and O–H groups in total. The summed E-state index contributed by atoms with van der Waals surface area (Å²) in [5.41, 5.74) is 1.96. The molecule has 80 valence electrons. The molecule has 7 nitrogen and oxygen atoms in total. The van der Waals surface area contributed by atoms with Crippen molar-refractivity contribution < 1.29 is 9.77 Å². The molecule has 1 heterocycles. The van der Waals surface area contributed by atoms with Crippen molar-refractivity contribution in [2.24, 2.45) is 4.99 Å². The third-order valence-electron chi connectivity index (χ3n) is 1.94. The fourth-order valence-corrected chi connectivity index (χ4v) is 1.27. The third-order valence-corrected chi connectivity index (χ3v) is 1.94. The molecule has 0 saturated carbocycles. The predicted molar refractivity (Wildman–Crippen MR) is 50.5 cm³/mol. The normalized spacial score (nSPS) is 22.1. The van der Waals surface area contributed by atoms with E-state index in [1.807, 2.05) is 5.43 Å². The van der Waals surface area contributed by atoms with E-state index in [4.69, 9.17) is 4.74 Å². The topological polar surface area (TPSA) is 88.8 Å². The SMILES string of the molecule is CN=C(NCC1CCCO1)N[N+](=O)[O-]. The fraction of sp³-hybridized carbons (Fsp3) is 0.857. The van der Waals surface area contributed by atoms with E-state index in [0.29, 0.717) is 6.54 Å². The second kappa shape index (κ2) is 5.38. The zero-order valence-corrected chi connectivity index (χ0v) is 8.02. The highest BCUT2D eigenvalue weighted by Gasteiger charge is 2.16. The molecular weight excluding hydrogens is 188 g/mol. The number of rotatable bonds is 3. The maximum atomic E-state index is 10.1. The van der Waals surface area contributed by atoms with E-state index in [1.165, 1.54) is 7.05 Å². The smallest absolute Gasteiger partial charge is 0.254 e. The summed E-state index contributed by atoms with van der Waals surface area (Å²) in [6.07, 6.45) is 2.18. The fourth-order valence-electron chi connectivity index (χ4n) is 1.27. The highest BCUT2D eigenvalue weighted by Crippen LogP contribution is 2.10. The summed E-state index contributed by atoms with van der Waals surface area (Å²) in [6, 6.07) is 0. The minimum absolute atomic E-state index is 0.139. The Balaban J connectivity index is 2.23. The Morgan fingerprint density at radius 2 is 2.57 bits per heavy atom. The molecule has 0 radical (unpaired) electrons. The molecule has 1 fully saturated rings. The first-order chi connectivity index (χ1) is 6.72. The van der Waals surface area contributed by atoms with Gasteiger partial charge in [0, 0.05) is 20.2 Å². The van der Waals surface area contributed by atoms with E-state index in [-0.39, 0.29) is 12.1 Å². The number of guanidine groups is 1. The third kappa shape index (κ3) is 3.56. The van der Waals surface area contributed by atoms with Gasteiger partial charge in [0.2, 0.25) is 0 Å². The van der Waals surface area contributed by atoms with Gasteiger partial charge < -0.3 is 10.1 Å². The van der Waals surface area contributed by atoms with Gasteiger partial charge in [-0.2, -0.15) is 0 Å². The van der Waals surface area contributed by atoms with Crippen LogP contribution in [0.4, 0.5) is 0 Å². The van der Waals surface area contributed by atoms with Crippen LogP contribution >= 0.6 is 0 Å². The Kier molecular flexibility index (Phi) is 4.11. The van der Waals surface area contributed by atoms with Gasteiger partial charge in [0.05, 0.1) is 6.10 Å². The Morgan fingerprint density at radius 1 is 1.79 bits per heavy atom. The Hall–Kier alpha value is -1.37. The molecular formula is C7H14N4O3. The van der Waals surface area contributed by atoms with Crippen molar-refractivity contribution in [3.05, 3.63) is 10.1 Å². The molecule has 14 heavy (non-hydrogen) atoms. The zero-order valence-electron chi connectivity index (χ0n) is 8.02. The molecule has 1 aliphatic rings. The molecule has 1 saturated heterocycles. The lowest BCUT2D eigenvalue weighted by Gasteiger charge is -2.11. The quantitative estimate of drug-likeness (QED) is 0.279. The molecule has 7 heteroatoms. The molecule has 1 unspecified atom stereocenters. The van der Waals surface area contributed by atoms with Gasteiger partial charge in [0.25, 0.3) is 5.96 Å². The van der Waals surface area contributed by atoms with Crippen LogP contribution in [-0.2, 0) is 4.74 Å². The van der Waals surface area contributed by atoms with Gasteiger partial charge in [-0.15, -0.1) is 0 Å². The average Bonchev–Trinajstić information content (AvgIpc) is 2.64. The summed E-state index contributed by atoms with van der Waals surface area (Å²) in [5.74, 6) is 0.158. The van der Waals surface area contributed by atoms with Crippen LogP contribution in [0.2, 0.25) is 0 Å². The van der Waals surface area contributed by atoms with Gasteiger partial charge in [0.1, 0.15) is 0 Å². The predicted octanol–water partition coefficient (Wildman–Crippen LogP) is -0.478. The van der Waals surface area contributed by atoms with E-state index in [0.717, 1.165) is 19.4 Å². The van der Waals surface area contributed by atoms with Crippen LogP contribution in [0.25, 0.3) is 0 Å². The summed E-state index contributed by atoms with van der Waals surface area (Å²) in [4.78, 5) is 13.8. The van der Waals surface area contributed by atoms with E-state index in [9.17, 15) is 10.1 Å². The highest BCUT2D eigenvalue weighted by atomic mass is 16.7. The Labute approximate surface area is 81.7 Å². The van der Waals surface area contributed by atoms with E-state index < -0.39 is 5.03 Å². The molecule has 0 aromatic rings. The lowest BCUT2D eigenvalue weighted by Crippen LogP contribution is -2.43. The first-order valence-electron chi connectivity index (χ1n) is 4.45. The number of nitrogens with one attached hydrogen (secondary N) is 2. The lowest BCUT2D eigenvalue weighted by atomic mass is 10.2. The van der Waals surface area contributed by atoms with Gasteiger partial charge >= 0.3 is 0 Å². The van der Waals surface area contributed by atoms with Crippen LogP contribution in [-0.4, -0.2) is 37.3 Å². The van der Waals surface area contributed by atoms with Crippen LogP contribution in [0, 0.1) is 10.1 Å². The van der Waals surface area contributed by atoms with Gasteiger partial charge in [-0.05, 0) is 12.8 Å². The van der Waals surface area contributed by atoms with E-state index in [1.54, 1.807) is 0 Å². The maximum Gasteiger partial charge on any atom is 0.254 e. The second-order valence-electron chi connectivity index (χ2n) is 2.96. The maximum absolute atomic E-state index is 10.1. The molecule has 0 aliphatic carbocycles. The summed E-state index contributed by atoms with van der Waals surface area (Å²) < 4.78 is 5.34. The Morgan fingerprint density at radius 3 is 3.07 bits per heavy atom. The monoisotopic (exact) mass is 202 g/mol. The van der Waals surface area contributed by atoms with Gasteiger partial charge in [-0.3, -0.25) is 4.99 Å². The number of hydrazine groups is 1. The number of nitrogens with zero attached hydrogens (tertiary/aromatic N) is 2. The average molecular weight is 202 g/mol. The second-order valence-corrected chi connectivity index (χ2v) is 2.96. The van der Waals surface area contributed by atoms with Crippen molar-refractivity contribution in [1.82, 2.24) is 10.7 Å². The summed E-state index contributed by atoms with van der Waals surface area (Å²) in [6.45, 7) is 1.32. The van der Waals surface area contributed by atoms with Gasteiger partial charge in [-0.1, -0.05) is 5.43 Å². The number of nitro groups is 1. The number of hydrogen-bond acceptors (Lipinski definition) is 4. The summed E-state index contributed by atoms with van der Waals surface area (Å²) in [5, 5.41) is 12.3. The van der Waals surface area contributed by atoms with Crippen molar-refractivity contribution in [1.29, 1.82) is 0 Å². The molecule has 0 bridgehead atoms. The van der Waals surface area contributed by atoms with Crippen molar-refractivity contribution in [2.75, 3.05) is 20.2 Å². The van der Waals surface area contributed by atoms with Crippen LogP contribution in [0.1, 0.15) is 12.8 Å². The molecule has 0 aromatic carbocycles. The lowest BCUT2D eigenvalue weighted by molar-refractivity contribution is -0.525. The minimum atomic E-state index is -0.648. The largest absolute Gasteiger partial charge is 0.376 e. The molecule has 1 atom stereocenters. The molecule has 0 aromatic heterocycles. The summed E-state index contributed by atoms with van der Waals surface area (Å²) in [7, 11) is 1.48. The summed E-state index contributed by atoms with van der Waals surface area (Å²) >= 11 is 0. The van der Waals surface area contributed by atoms with Gasteiger partial charge in [0.15, 0.2) is 5.03 Å². The molecule has 1 rings (SSSR count). The van der Waals surface area contributed by atoms with Gasteiger partial charge in [-0.25, -0.2) is 10.1 Å². The van der Waals surface area contributed by atoms with E-state index >= 15 is 0 Å². The molecule has 1 aliphatic heterocycles. The highest BCUT2D eigenvalue weighted by molar-refractivity contribution is 5.78. The first-order valence-corrected chi connectivity index (χ1v) is 4.45. The zero-order chi connectivity index (χ0) is 10.4. The standard InChI is InChI=1S/C7H14N4O3/c1-8-7(10-11(12)13)9-5-6-3-2-4-14-6/h6H,2-5H2,1H3,(H2,8,9,10). The number of ether oxygens (including phenoxy) is 1. The number of aliphatic imine (C=N–C) groups is 1.